The molecule has 0 spiro atoms. The fourth-order valence-corrected chi connectivity index (χ4v) is 3.49. The van der Waals surface area contributed by atoms with E-state index in [1.165, 1.54) is 11.8 Å². The van der Waals surface area contributed by atoms with Crippen molar-refractivity contribution in [1.82, 2.24) is 5.32 Å². The van der Waals surface area contributed by atoms with Gasteiger partial charge < -0.3 is 14.8 Å². The summed E-state index contributed by atoms with van der Waals surface area (Å²) in [6, 6.07) is 12.8. The number of aliphatic imine (C=N–C) groups is 1. The Labute approximate surface area is 170 Å². The molecule has 1 amide bonds. The van der Waals surface area contributed by atoms with E-state index < -0.39 is 0 Å². The van der Waals surface area contributed by atoms with Crippen molar-refractivity contribution in [3.8, 4) is 23.8 Å². The zero-order valence-electron chi connectivity index (χ0n) is 14.4. The highest BCUT2D eigenvalue weighted by Crippen LogP contribution is 2.32. The number of rotatable bonds is 5. The van der Waals surface area contributed by atoms with Gasteiger partial charge >= 0.3 is 0 Å². The van der Waals surface area contributed by atoms with Gasteiger partial charge in [0, 0.05) is 10.0 Å². The summed E-state index contributed by atoms with van der Waals surface area (Å²) in [4.78, 5) is 17.3. The van der Waals surface area contributed by atoms with E-state index in [1.54, 1.807) is 19.3 Å². The first-order valence-corrected chi connectivity index (χ1v) is 9.49. The molecule has 0 saturated carbocycles. The molecule has 1 heterocycles. The van der Waals surface area contributed by atoms with Gasteiger partial charge in [0.25, 0.3) is 5.91 Å². The molecule has 1 N–H and O–H groups in total. The van der Waals surface area contributed by atoms with Crippen LogP contribution in [0, 0.1) is 12.3 Å². The molecule has 5 nitrogen and oxygen atoms in total. The number of methoxy groups -OCH3 is 1. The quantitative estimate of drug-likeness (QED) is 0.551. The first-order valence-electron chi connectivity index (χ1n) is 7.88. The summed E-state index contributed by atoms with van der Waals surface area (Å²) in [5.74, 6) is 3.58. The standard InChI is InChI=1S/C20H15BrN2O3S/c1-3-10-26-17-9-4-14(21)11-13(17)12-18-19(24)23-20(27-18)22-15-5-7-16(25-2)8-6-15/h1,4-9,11-12H,10H2,2H3,(H,22,23,24)/b18-12-. The van der Waals surface area contributed by atoms with Crippen molar-refractivity contribution in [3.05, 3.63) is 57.4 Å². The van der Waals surface area contributed by atoms with Crippen molar-refractivity contribution in [1.29, 1.82) is 0 Å². The molecule has 7 heteroatoms. The number of amidine groups is 1. The third-order valence-corrected chi connectivity index (χ3v) is 4.93. The number of thioether (sulfide) groups is 1. The van der Waals surface area contributed by atoms with Crippen LogP contribution < -0.4 is 14.8 Å². The highest BCUT2D eigenvalue weighted by Gasteiger charge is 2.24. The molecule has 3 rings (SSSR count). The number of nitrogens with one attached hydrogen (secondary N) is 1. The molecule has 136 valence electrons. The van der Waals surface area contributed by atoms with Gasteiger partial charge in [0.05, 0.1) is 17.7 Å². The lowest BCUT2D eigenvalue weighted by Gasteiger charge is -2.07. The van der Waals surface area contributed by atoms with Crippen LogP contribution in [0.25, 0.3) is 6.08 Å². The molecular weight excluding hydrogens is 428 g/mol. The summed E-state index contributed by atoms with van der Waals surface area (Å²) in [5.41, 5.74) is 1.48. The second-order valence-corrected chi connectivity index (χ2v) is 7.30. The Morgan fingerprint density at radius 2 is 2.07 bits per heavy atom. The smallest absolute Gasteiger partial charge is 0.264 e. The van der Waals surface area contributed by atoms with Gasteiger partial charge in [-0.2, -0.15) is 0 Å². The van der Waals surface area contributed by atoms with E-state index in [0.717, 1.165) is 21.5 Å². The fraction of sp³-hybridized carbons (Fsp3) is 0.100. The molecule has 1 aliphatic rings. The van der Waals surface area contributed by atoms with Gasteiger partial charge in [0.15, 0.2) is 5.17 Å². The largest absolute Gasteiger partial charge is 0.497 e. The average molecular weight is 443 g/mol. The number of terminal acetylenes is 1. The van der Waals surface area contributed by atoms with Crippen molar-refractivity contribution >= 4 is 50.5 Å². The van der Waals surface area contributed by atoms with Crippen LogP contribution in [0.2, 0.25) is 0 Å². The molecule has 2 aromatic rings. The molecule has 27 heavy (non-hydrogen) atoms. The summed E-state index contributed by atoms with van der Waals surface area (Å²) >= 11 is 4.70. The highest BCUT2D eigenvalue weighted by molar-refractivity contribution is 9.10. The molecule has 0 unspecified atom stereocenters. The van der Waals surface area contributed by atoms with Crippen LogP contribution in [-0.4, -0.2) is 24.8 Å². The van der Waals surface area contributed by atoms with E-state index in [-0.39, 0.29) is 12.5 Å². The number of carbonyl (C=O) groups excluding carboxylic acids is 1. The van der Waals surface area contributed by atoms with Crippen LogP contribution in [0.15, 0.2) is 56.8 Å². The number of carbonyl (C=O) groups is 1. The third kappa shape index (κ3) is 4.94. The van der Waals surface area contributed by atoms with Gasteiger partial charge in [-0.1, -0.05) is 21.9 Å². The summed E-state index contributed by atoms with van der Waals surface area (Å²) in [5, 5.41) is 3.28. The van der Waals surface area contributed by atoms with Gasteiger partial charge in [-0.15, -0.1) is 6.42 Å². The summed E-state index contributed by atoms with van der Waals surface area (Å²) in [6.45, 7) is 0.154. The van der Waals surface area contributed by atoms with E-state index in [1.807, 2.05) is 36.4 Å². The highest BCUT2D eigenvalue weighted by atomic mass is 79.9. The van der Waals surface area contributed by atoms with Crippen molar-refractivity contribution in [2.24, 2.45) is 4.99 Å². The summed E-state index contributed by atoms with van der Waals surface area (Å²) < 4.78 is 11.5. The lowest BCUT2D eigenvalue weighted by molar-refractivity contribution is -0.115. The number of hydrogen-bond donors (Lipinski definition) is 1. The maximum Gasteiger partial charge on any atom is 0.264 e. The lowest BCUT2D eigenvalue weighted by Crippen LogP contribution is -2.19. The molecule has 0 aliphatic carbocycles. The fourth-order valence-electron chi connectivity index (χ4n) is 2.28. The Bertz CT molecular complexity index is 962. The second kappa shape index (κ2) is 8.80. The first-order chi connectivity index (χ1) is 13.1. The second-order valence-electron chi connectivity index (χ2n) is 5.35. The van der Waals surface area contributed by atoms with E-state index in [2.05, 4.69) is 32.2 Å². The number of benzene rings is 2. The molecular formula is C20H15BrN2O3S. The molecule has 1 fully saturated rings. The van der Waals surface area contributed by atoms with Gasteiger partial charge in [-0.3, -0.25) is 4.79 Å². The van der Waals surface area contributed by atoms with Gasteiger partial charge in [0.1, 0.15) is 18.1 Å². The third-order valence-electron chi connectivity index (χ3n) is 3.52. The Hall–Kier alpha value is -2.69. The van der Waals surface area contributed by atoms with Crippen molar-refractivity contribution in [2.45, 2.75) is 0 Å². The van der Waals surface area contributed by atoms with Gasteiger partial charge in [0.2, 0.25) is 0 Å². The zero-order valence-corrected chi connectivity index (χ0v) is 16.8. The SMILES string of the molecule is C#CCOc1ccc(Br)cc1/C=C1\SC(=Nc2ccc(OC)cc2)NC1=O. The molecule has 0 radical (unpaired) electrons. The van der Waals surface area contributed by atoms with Crippen LogP contribution in [0.1, 0.15) is 5.56 Å². The predicted molar refractivity (Wildman–Crippen MR) is 112 cm³/mol. The molecule has 1 saturated heterocycles. The summed E-state index contributed by atoms with van der Waals surface area (Å²) in [7, 11) is 1.61. The predicted octanol–water partition coefficient (Wildman–Crippen LogP) is 4.36. The van der Waals surface area contributed by atoms with Crippen molar-refractivity contribution < 1.29 is 14.3 Å². The number of halogens is 1. The van der Waals surface area contributed by atoms with Crippen LogP contribution >= 0.6 is 27.7 Å². The maximum absolute atomic E-state index is 12.3. The molecule has 2 aromatic carbocycles. The minimum Gasteiger partial charge on any atom is -0.497 e. The molecule has 0 bridgehead atoms. The zero-order chi connectivity index (χ0) is 19.2. The average Bonchev–Trinajstić information content (AvgIpc) is 3.00. The Kier molecular flexibility index (Phi) is 6.22. The van der Waals surface area contributed by atoms with Gasteiger partial charge in [-0.05, 0) is 60.3 Å². The van der Waals surface area contributed by atoms with Crippen molar-refractivity contribution in [2.75, 3.05) is 13.7 Å². The van der Waals surface area contributed by atoms with Crippen LogP contribution in [-0.2, 0) is 4.79 Å². The lowest BCUT2D eigenvalue weighted by atomic mass is 10.2. The van der Waals surface area contributed by atoms with Crippen molar-refractivity contribution in [3.63, 3.8) is 0 Å². The van der Waals surface area contributed by atoms with Crippen LogP contribution in [0.3, 0.4) is 0 Å². The van der Waals surface area contributed by atoms with E-state index in [0.29, 0.717) is 15.8 Å². The molecule has 0 atom stereocenters. The Balaban J connectivity index is 1.84. The van der Waals surface area contributed by atoms with Gasteiger partial charge in [-0.25, -0.2) is 4.99 Å². The molecule has 0 aromatic heterocycles. The first kappa shape index (κ1) is 19.1. The van der Waals surface area contributed by atoms with E-state index in [9.17, 15) is 4.79 Å². The number of nitrogens with zero attached hydrogens (tertiary/aromatic N) is 1. The Morgan fingerprint density at radius 3 is 2.78 bits per heavy atom. The van der Waals surface area contributed by atoms with Crippen LogP contribution in [0.5, 0.6) is 11.5 Å². The normalized spacial score (nSPS) is 16.3. The van der Waals surface area contributed by atoms with E-state index >= 15 is 0 Å². The summed E-state index contributed by atoms with van der Waals surface area (Å²) in [6.07, 6.45) is 7.02. The number of hydrogen-bond acceptors (Lipinski definition) is 5. The van der Waals surface area contributed by atoms with Crippen LogP contribution in [0.4, 0.5) is 5.69 Å². The Morgan fingerprint density at radius 1 is 1.30 bits per heavy atom. The maximum atomic E-state index is 12.3. The monoisotopic (exact) mass is 442 g/mol. The minimum absolute atomic E-state index is 0.154. The topological polar surface area (TPSA) is 59.9 Å². The number of ether oxygens (including phenoxy) is 2. The van der Waals surface area contributed by atoms with E-state index in [4.69, 9.17) is 15.9 Å². The molecule has 1 aliphatic heterocycles. The minimum atomic E-state index is -0.213. The number of amides is 1.